The van der Waals surface area contributed by atoms with Crippen molar-refractivity contribution in [2.24, 2.45) is 7.05 Å². The van der Waals surface area contributed by atoms with Crippen molar-refractivity contribution < 1.29 is 23.5 Å². The average molecular weight is 536 g/mol. The second kappa shape index (κ2) is 11.2. The molecule has 0 unspecified atom stereocenters. The standard InChI is InChI=1S/C27H30FN7O4/c1-34-22-11-19(20(28)10-17(22)12-32-34)18-4-3-5-21-26(18)27(16-6-8-29-9-7-16)33-35(21)15-24(37)30-13-23(36)31-14-25(38)39-2/h3-5,10-12,16,29H,6-9,13-15H2,1-2H3,(H,30,37)(H,31,36). The van der Waals surface area contributed by atoms with Crippen molar-refractivity contribution in [2.75, 3.05) is 33.3 Å². The summed E-state index contributed by atoms with van der Waals surface area (Å²) in [5.41, 5.74) is 3.49. The molecule has 3 heterocycles. The Morgan fingerprint density at radius 3 is 2.62 bits per heavy atom. The molecule has 3 N–H and O–H groups in total. The van der Waals surface area contributed by atoms with Crippen LogP contribution in [0, 0.1) is 5.82 Å². The maximum atomic E-state index is 15.4. The number of aryl methyl sites for hydroxylation is 1. The average Bonchev–Trinajstić information content (AvgIpc) is 3.50. The van der Waals surface area contributed by atoms with E-state index in [1.165, 1.54) is 13.2 Å². The highest BCUT2D eigenvalue weighted by molar-refractivity contribution is 6.00. The fourth-order valence-corrected chi connectivity index (χ4v) is 5.04. The van der Waals surface area contributed by atoms with Crippen LogP contribution < -0.4 is 16.0 Å². The van der Waals surface area contributed by atoms with Gasteiger partial charge in [-0.05, 0) is 49.7 Å². The Kier molecular flexibility index (Phi) is 7.55. The fourth-order valence-electron chi connectivity index (χ4n) is 5.04. The molecule has 204 valence electrons. The third kappa shape index (κ3) is 5.46. The predicted octanol–water partition coefficient (Wildman–Crippen LogP) is 1.60. The lowest BCUT2D eigenvalue weighted by molar-refractivity contribution is -0.141. The lowest BCUT2D eigenvalue weighted by Crippen LogP contribution is -2.40. The molecular formula is C27H30FN7O4. The van der Waals surface area contributed by atoms with Crippen LogP contribution >= 0.6 is 0 Å². The zero-order chi connectivity index (χ0) is 27.5. The third-order valence-electron chi connectivity index (χ3n) is 7.05. The van der Waals surface area contributed by atoms with Gasteiger partial charge in [0.1, 0.15) is 18.9 Å². The number of esters is 1. The highest BCUT2D eigenvalue weighted by atomic mass is 19.1. The molecule has 5 rings (SSSR count). The van der Waals surface area contributed by atoms with Crippen LogP contribution in [-0.4, -0.2) is 70.6 Å². The first kappa shape index (κ1) is 26.3. The number of rotatable bonds is 8. The van der Waals surface area contributed by atoms with Crippen molar-refractivity contribution in [1.82, 2.24) is 35.5 Å². The number of ether oxygens (including phenoxy) is 1. The van der Waals surface area contributed by atoms with Gasteiger partial charge in [-0.2, -0.15) is 10.2 Å². The van der Waals surface area contributed by atoms with Gasteiger partial charge in [0, 0.05) is 29.3 Å². The predicted molar refractivity (Wildman–Crippen MR) is 142 cm³/mol. The van der Waals surface area contributed by atoms with Crippen LogP contribution in [0.4, 0.5) is 4.39 Å². The molecule has 4 aromatic rings. The number of fused-ring (bicyclic) bond motifs is 2. The van der Waals surface area contributed by atoms with E-state index in [2.05, 4.69) is 25.8 Å². The van der Waals surface area contributed by atoms with E-state index < -0.39 is 17.8 Å². The van der Waals surface area contributed by atoms with Crippen LogP contribution in [0.3, 0.4) is 0 Å². The van der Waals surface area contributed by atoms with Crippen molar-refractivity contribution in [3.05, 3.63) is 48.0 Å². The minimum absolute atomic E-state index is 0.127. The molecule has 39 heavy (non-hydrogen) atoms. The molecule has 2 aromatic heterocycles. The normalized spacial score (nSPS) is 14.0. The maximum absolute atomic E-state index is 15.4. The van der Waals surface area contributed by atoms with Crippen molar-refractivity contribution in [2.45, 2.75) is 25.3 Å². The molecular weight excluding hydrogens is 505 g/mol. The first-order valence-electron chi connectivity index (χ1n) is 12.8. The number of hydrogen-bond donors (Lipinski definition) is 3. The van der Waals surface area contributed by atoms with Gasteiger partial charge in [-0.15, -0.1) is 0 Å². The number of amides is 2. The molecule has 1 aliphatic rings. The number of benzene rings is 2. The molecule has 1 fully saturated rings. The van der Waals surface area contributed by atoms with E-state index in [9.17, 15) is 14.4 Å². The summed E-state index contributed by atoms with van der Waals surface area (Å²) < 4.78 is 23.2. The summed E-state index contributed by atoms with van der Waals surface area (Å²) in [4.78, 5) is 36.0. The molecule has 2 aromatic carbocycles. The van der Waals surface area contributed by atoms with Gasteiger partial charge < -0.3 is 20.7 Å². The van der Waals surface area contributed by atoms with E-state index in [0.29, 0.717) is 22.0 Å². The number of nitrogens with zero attached hydrogens (tertiary/aromatic N) is 4. The molecule has 0 bridgehead atoms. The van der Waals surface area contributed by atoms with Crippen LogP contribution in [-0.2, 0) is 32.7 Å². The molecule has 0 aliphatic carbocycles. The van der Waals surface area contributed by atoms with Crippen molar-refractivity contribution in [3.63, 3.8) is 0 Å². The SMILES string of the molecule is COC(=O)CNC(=O)CNC(=O)Cn1nc(C2CCNCC2)c2c(-c3cc4c(cnn4C)cc3F)cccc21. The minimum atomic E-state index is -0.585. The summed E-state index contributed by atoms with van der Waals surface area (Å²) in [5.74, 6) is -1.73. The highest BCUT2D eigenvalue weighted by Crippen LogP contribution is 2.39. The van der Waals surface area contributed by atoms with Crippen molar-refractivity contribution >= 4 is 39.6 Å². The van der Waals surface area contributed by atoms with E-state index in [1.54, 1.807) is 21.6 Å². The monoisotopic (exact) mass is 535 g/mol. The number of carbonyl (C=O) groups excluding carboxylic acids is 3. The Morgan fingerprint density at radius 1 is 1.08 bits per heavy atom. The number of halogens is 1. The molecule has 0 spiro atoms. The van der Waals surface area contributed by atoms with Crippen molar-refractivity contribution in [3.8, 4) is 11.1 Å². The van der Waals surface area contributed by atoms with E-state index in [0.717, 1.165) is 42.5 Å². The fraction of sp³-hybridized carbons (Fsp3) is 0.370. The van der Waals surface area contributed by atoms with E-state index in [4.69, 9.17) is 5.10 Å². The first-order valence-corrected chi connectivity index (χ1v) is 12.8. The number of carbonyl (C=O) groups is 3. The Morgan fingerprint density at radius 2 is 1.85 bits per heavy atom. The van der Waals surface area contributed by atoms with Crippen LogP contribution in [0.5, 0.6) is 0 Å². The topological polar surface area (TPSA) is 132 Å². The largest absolute Gasteiger partial charge is 0.468 e. The van der Waals surface area contributed by atoms with E-state index >= 15 is 4.39 Å². The summed E-state index contributed by atoms with van der Waals surface area (Å²) in [5, 5.41) is 18.9. The van der Waals surface area contributed by atoms with Gasteiger partial charge in [-0.25, -0.2) is 4.39 Å². The zero-order valence-corrected chi connectivity index (χ0v) is 21.8. The van der Waals surface area contributed by atoms with Crippen LogP contribution in [0.2, 0.25) is 0 Å². The Hall–Kier alpha value is -4.32. The molecule has 12 heteroatoms. The summed E-state index contributed by atoms with van der Waals surface area (Å²) >= 11 is 0. The lowest BCUT2D eigenvalue weighted by atomic mass is 9.89. The Balaban J connectivity index is 1.48. The molecule has 1 saturated heterocycles. The maximum Gasteiger partial charge on any atom is 0.325 e. The van der Waals surface area contributed by atoms with Gasteiger partial charge in [0.05, 0.1) is 36.6 Å². The summed E-state index contributed by atoms with van der Waals surface area (Å²) in [6, 6.07) is 8.87. The number of hydrogen-bond acceptors (Lipinski definition) is 7. The molecule has 0 saturated carbocycles. The van der Waals surface area contributed by atoms with Gasteiger partial charge in [0.25, 0.3) is 0 Å². The van der Waals surface area contributed by atoms with Crippen LogP contribution in [0.15, 0.2) is 36.5 Å². The smallest absolute Gasteiger partial charge is 0.325 e. The summed E-state index contributed by atoms with van der Waals surface area (Å²) in [6.07, 6.45) is 3.38. The van der Waals surface area contributed by atoms with Crippen LogP contribution in [0.25, 0.3) is 32.9 Å². The van der Waals surface area contributed by atoms with Crippen molar-refractivity contribution in [1.29, 1.82) is 0 Å². The molecule has 0 radical (unpaired) electrons. The summed E-state index contributed by atoms with van der Waals surface area (Å²) in [7, 11) is 3.04. The number of methoxy groups -OCH3 is 1. The molecule has 0 atom stereocenters. The minimum Gasteiger partial charge on any atom is -0.468 e. The molecule has 11 nitrogen and oxygen atoms in total. The first-order chi connectivity index (χ1) is 18.9. The molecule has 1 aliphatic heterocycles. The number of aromatic nitrogens is 4. The van der Waals surface area contributed by atoms with Gasteiger partial charge in [-0.3, -0.25) is 23.7 Å². The quantitative estimate of drug-likeness (QED) is 0.292. The van der Waals surface area contributed by atoms with E-state index in [1.807, 2.05) is 25.2 Å². The second-order valence-electron chi connectivity index (χ2n) is 9.56. The number of nitrogens with one attached hydrogen (secondary N) is 3. The highest BCUT2D eigenvalue weighted by Gasteiger charge is 2.26. The summed E-state index contributed by atoms with van der Waals surface area (Å²) in [6.45, 7) is 0.990. The molecule has 2 amide bonds. The van der Waals surface area contributed by atoms with Gasteiger partial charge in [-0.1, -0.05) is 12.1 Å². The second-order valence-corrected chi connectivity index (χ2v) is 9.56. The Bertz CT molecular complexity index is 1550. The van der Waals surface area contributed by atoms with Gasteiger partial charge in [0.2, 0.25) is 11.8 Å². The lowest BCUT2D eigenvalue weighted by Gasteiger charge is -2.21. The van der Waals surface area contributed by atoms with Crippen LogP contribution in [0.1, 0.15) is 24.5 Å². The van der Waals surface area contributed by atoms with Gasteiger partial charge >= 0.3 is 5.97 Å². The van der Waals surface area contributed by atoms with Gasteiger partial charge in [0.15, 0.2) is 0 Å². The zero-order valence-electron chi connectivity index (χ0n) is 21.8. The third-order valence-corrected chi connectivity index (χ3v) is 7.05. The van der Waals surface area contributed by atoms with E-state index in [-0.39, 0.29) is 31.4 Å². The Labute approximate surface area is 223 Å². The number of piperidine rings is 1.